The standard InChI is InChI=1S/C23H24N4O2S/c1-29-19-12-10-18(11-13-19)22(17-8-9-17)25-21(28)15-30-23-24-20(26-27-23)14-7-16-5-3-2-4-6-16/h2-7,10-14,17,22H,8-9,15H2,1H3,(H,25,28)(H,24,26,27)/b14-7+. The SMILES string of the molecule is COc1ccc(C(NC(=O)CSc2n[nH]c(/C=C/c3ccccc3)n2)C2CC2)cc1. The first-order valence-corrected chi connectivity index (χ1v) is 10.9. The fraction of sp³-hybridized carbons (Fsp3) is 0.261. The molecule has 0 bridgehead atoms. The summed E-state index contributed by atoms with van der Waals surface area (Å²) in [5.41, 5.74) is 2.20. The maximum absolute atomic E-state index is 12.5. The molecule has 0 aliphatic heterocycles. The number of rotatable bonds is 9. The Morgan fingerprint density at radius 2 is 1.97 bits per heavy atom. The fourth-order valence-corrected chi connectivity index (χ4v) is 3.81. The third kappa shape index (κ3) is 5.51. The van der Waals surface area contributed by atoms with Crippen molar-refractivity contribution in [2.24, 2.45) is 5.92 Å². The van der Waals surface area contributed by atoms with Crippen molar-refractivity contribution in [2.45, 2.75) is 24.0 Å². The Hall–Kier alpha value is -3.06. The van der Waals surface area contributed by atoms with E-state index in [2.05, 4.69) is 20.5 Å². The van der Waals surface area contributed by atoms with Crippen LogP contribution in [0.4, 0.5) is 0 Å². The molecule has 154 valence electrons. The molecule has 2 aromatic carbocycles. The van der Waals surface area contributed by atoms with E-state index in [0.717, 1.165) is 29.7 Å². The molecule has 30 heavy (non-hydrogen) atoms. The Balaban J connectivity index is 1.30. The summed E-state index contributed by atoms with van der Waals surface area (Å²) < 4.78 is 5.23. The lowest BCUT2D eigenvalue weighted by atomic mass is 10.0. The van der Waals surface area contributed by atoms with E-state index in [4.69, 9.17) is 4.74 Å². The normalized spacial score (nSPS) is 14.6. The fourth-order valence-electron chi connectivity index (χ4n) is 3.20. The molecule has 0 saturated heterocycles. The summed E-state index contributed by atoms with van der Waals surface area (Å²) in [7, 11) is 1.65. The number of hydrogen-bond donors (Lipinski definition) is 2. The molecule has 7 heteroatoms. The lowest BCUT2D eigenvalue weighted by Gasteiger charge is -2.19. The van der Waals surface area contributed by atoms with Gasteiger partial charge in [0.25, 0.3) is 0 Å². The molecule has 6 nitrogen and oxygen atoms in total. The summed E-state index contributed by atoms with van der Waals surface area (Å²) >= 11 is 1.33. The topological polar surface area (TPSA) is 79.9 Å². The van der Waals surface area contributed by atoms with Crippen LogP contribution in [-0.4, -0.2) is 34.0 Å². The Morgan fingerprint density at radius 3 is 2.67 bits per heavy atom. The second kappa shape index (κ2) is 9.63. The Morgan fingerprint density at radius 1 is 1.20 bits per heavy atom. The van der Waals surface area contributed by atoms with Crippen LogP contribution in [0.25, 0.3) is 12.2 Å². The van der Waals surface area contributed by atoms with Gasteiger partial charge in [-0.1, -0.05) is 60.3 Å². The number of carbonyl (C=O) groups is 1. The van der Waals surface area contributed by atoms with Crippen molar-refractivity contribution in [2.75, 3.05) is 12.9 Å². The number of carbonyl (C=O) groups excluding carboxylic acids is 1. The maximum atomic E-state index is 12.5. The van der Waals surface area contributed by atoms with Gasteiger partial charge >= 0.3 is 0 Å². The minimum Gasteiger partial charge on any atom is -0.497 e. The molecule has 1 aromatic heterocycles. The van der Waals surface area contributed by atoms with E-state index in [1.807, 2.05) is 66.7 Å². The van der Waals surface area contributed by atoms with E-state index >= 15 is 0 Å². The summed E-state index contributed by atoms with van der Waals surface area (Å²) in [6.07, 6.45) is 6.13. The average molecular weight is 421 g/mol. The van der Waals surface area contributed by atoms with E-state index in [0.29, 0.717) is 16.9 Å². The molecule has 1 unspecified atom stereocenters. The van der Waals surface area contributed by atoms with Crippen molar-refractivity contribution in [1.29, 1.82) is 0 Å². The molecule has 4 rings (SSSR count). The van der Waals surface area contributed by atoms with E-state index < -0.39 is 0 Å². The number of methoxy groups -OCH3 is 1. The molecular formula is C23H24N4O2S. The maximum Gasteiger partial charge on any atom is 0.230 e. The molecule has 0 radical (unpaired) electrons. The van der Waals surface area contributed by atoms with E-state index in [9.17, 15) is 4.79 Å². The Bertz CT molecular complexity index is 998. The lowest BCUT2D eigenvalue weighted by Crippen LogP contribution is -2.31. The van der Waals surface area contributed by atoms with E-state index in [1.165, 1.54) is 11.8 Å². The highest BCUT2D eigenvalue weighted by Crippen LogP contribution is 2.41. The molecular weight excluding hydrogens is 396 g/mol. The Kier molecular flexibility index (Phi) is 6.49. The van der Waals surface area contributed by atoms with E-state index in [1.54, 1.807) is 7.11 Å². The number of nitrogens with one attached hydrogen (secondary N) is 2. The van der Waals surface area contributed by atoms with Crippen LogP contribution in [0, 0.1) is 5.92 Å². The van der Waals surface area contributed by atoms with Gasteiger partial charge in [-0.3, -0.25) is 9.89 Å². The molecule has 1 aliphatic carbocycles. The first-order chi connectivity index (χ1) is 14.7. The molecule has 1 aliphatic rings. The molecule has 1 fully saturated rings. The van der Waals surface area contributed by atoms with Crippen LogP contribution < -0.4 is 10.1 Å². The molecule has 2 N–H and O–H groups in total. The van der Waals surface area contributed by atoms with Crippen LogP contribution in [0.3, 0.4) is 0 Å². The summed E-state index contributed by atoms with van der Waals surface area (Å²) in [4.78, 5) is 17.0. The minimum atomic E-state index is -0.0149. The van der Waals surface area contributed by atoms with Crippen LogP contribution in [-0.2, 0) is 4.79 Å². The predicted molar refractivity (Wildman–Crippen MR) is 119 cm³/mol. The van der Waals surface area contributed by atoms with Crippen molar-refractivity contribution in [3.05, 3.63) is 71.5 Å². The third-order valence-corrected chi connectivity index (χ3v) is 5.78. The molecule has 1 atom stereocenters. The number of thioether (sulfide) groups is 1. The molecule has 1 amide bonds. The summed E-state index contributed by atoms with van der Waals surface area (Å²) in [5, 5.41) is 10.8. The van der Waals surface area contributed by atoms with Gasteiger partial charge in [0.05, 0.1) is 18.9 Å². The van der Waals surface area contributed by atoms with Gasteiger partial charge in [-0.05, 0) is 48.1 Å². The average Bonchev–Trinajstić information content (AvgIpc) is 3.53. The van der Waals surface area contributed by atoms with Crippen molar-refractivity contribution in [1.82, 2.24) is 20.5 Å². The number of hydrogen-bond acceptors (Lipinski definition) is 5. The first-order valence-electron chi connectivity index (χ1n) is 9.93. The van der Waals surface area contributed by atoms with Crippen LogP contribution in [0.2, 0.25) is 0 Å². The number of nitrogens with zero attached hydrogens (tertiary/aromatic N) is 2. The smallest absolute Gasteiger partial charge is 0.230 e. The van der Waals surface area contributed by atoms with Gasteiger partial charge in [-0.2, -0.15) is 0 Å². The number of H-pyrrole nitrogens is 1. The van der Waals surface area contributed by atoms with Gasteiger partial charge in [-0.25, -0.2) is 4.98 Å². The zero-order valence-electron chi connectivity index (χ0n) is 16.7. The second-order valence-corrected chi connectivity index (χ2v) is 8.13. The molecule has 0 spiro atoms. The van der Waals surface area contributed by atoms with Crippen molar-refractivity contribution >= 4 is 29.8 Å². The second-order valence-electron chi connectivity index (χ2n) is 7.19. The number of amides is 1. The summed E-state index contributed by atoms with van der Waals surface area (Å²) in [6.45, 7) is 0. The number of ether oxygens (including phenoxy) is 1. The predicted octanol–water partition coefficient (Wildman–Crippen LogP) is 4.34. The Labute approximate surface area is 180 Å². The van der Waals surface area contributed by atoms with E-state index in [-0.39, 0.29) is 17.7 Å². The quantitative estimate of drug-likeness (QED) is 0.503. The largest absolute Gasteiger partial charge is 0.497 e. The number of aromatic amines is 1. The van der Waals surface area contributed by atoms with Gasteiger partial charge in [0.2, 0.25) is 11.1 Å². The third-order valence-electron chi connectivity index (χ3n) is 4.93. The van der Waals surface area contributed by atoms with Crippen LogP contribution in [0.5, 0.6) is 5.75 Å². The summed E-state index contributed by atoms with van der Waals surface area (Å²) in [5.74, 6) is 2.25. The van der Waals surface area contributed by atoms with Gasteiger partial charge in [-0.15, -0.1) is 5.10 Å². The number of aromatic nitrogens is 3. The zero-order chi connectivity index (χ0) is 20.8. The zero-order valence-corrected chi connectivity index (χ0v) is 17.6. The van der Waals surface area contributed by atoms with Gasteiger partial charge in [0, 0.05) is 0 Å². The highest BCUT2D eigenvalue weighted by Gasteiger charge is 2.33. The molecule has 1 heterocycles. The molecule has 1 saturated carbocycles. The van der Waals surface area contributed by atoms with Crippen molar-refractivity contribution < 1.29 is 9.53 Å². The highest BCUT2D eigenvalue weighted by atomic mass is 32.2. The van der Waals surface area contributed by atoms with Gasteiger partial charge in [0.15, 0.2) is 0 Å². The van der Waals surface area contributed by atoms with Crippen LogP contribution in [0.1, 0.15) is 35.8 Å². The summed E-state index contributed by atoms with van der Waals surface area (Å²) in [6, 6.07) is 18.0. The van der Waals surface area contributed by atoms with Gasteiger partial charge in [0.1, 0.15) is 11.6 Å². The highest BCUT2D eigenvalue weighted by molar-refractivity contribution is 7.99. The molecule has 3 aromatic rings. The first kappa shape index (κ1) is 20.2. The van der Waals surface area contributed by atoms with Gasteiger partial charge < -0.3 is 10.1 Å². The van der Waals surface area contributed by atoms with Crippen molar-refractivity contribution in [3.8, 4) is 5.75 Å². The minimum absolute atomic E-state index is 0.0149. The van der Waals surface area contributed by atoms with Crippen LogP contribution >= 0.6 is 11.8 Å². The van der Waals surface area contributed by atoms with Crippen molar-refractivity contribution in [3.63, 3.8) is 0 Å². The van der Waals surface area contributed by atoms with Crippen LogP contribution in [0.15, 0.2) is 59.8 Å². The monoisotopic (exact) mass is 420 g/mol. The lowest BCUT2D eigenvalue weighted by molar-refractivity contribution is -0.119. The number of benzene rings is 2.